The van der Waals surface area contributed by atoms with Gasteiger partial charge in [-0.3, -0.25) is 14.5 Å². The van der Waals surface area contributed by atoms with Gasteiger partial charge >= 0.3 is 0 Å². The molecule has 0 saturated carbocycles. The van der Waals surface area contributed by atoms with Crippen molar-refractivity contribution in [3.8, 4) is 17.2 Å². The zero-order chi connectivity index (χ0) is 28.4. The Morgan fingerprint density at radius 1 is 1.12 bits per heavy atom. The summed E-state index contributed by atoms with van der Waals surface area (Å²) >= 11 is 2.53. The van der Waals surface area contributed by atoms with Crippen molar-refractivity contribution in [3.63, 3.8) is 0 Å². The molecule has 0 aliphatic carbocycles. The maximum atomic E-state index is 13.7. The van der Waals surface area contributed by atoms with Crippen molar-refractivity contribution in [2.45, 2.75) is 33.2 Å². The van der Waals surface area contributed by atoms with Crippen LogP contribution in [0.25, 0.3) is 10.2 Å². The van der Waals surface area contributed by atoms with E-state index in [4.69, 9.17) is 14.2 Å². The molecule has 4 aromatic rings. The van der Waals surface area contributed by atoms with E-state index in [0.717, 1.165) is 11.1 Å². The second-order valence-corrected chi connectivity index (χ2v) is 11.6. The number of aliphatic hydroxyl groups is 1. The van der Waals surface area contributed by atoms with E-state index in [-0.39, 0.29) is 5.57 Å². The Balaban J connectivity index is 1.62. The van der Waals surface area contributed by atoms with Crippen LogP contribution in [0.3, 0.4) is 0 Å². The molecule has 0 fully saturated rings. The van der Waals surface area contributed by atoms with Crippen LogP contribution in [0.4, 0.5) is 5.13 Å². The third-order valence-electron chi connectivity index (χ3n) is 6.52. The summed E-state index contributed by atoms with van der Waals surface area (Å²) in [6.45, 7) is 7.07. The van der Waals surface area contributed by atoms with E-state index in [2.05, 4.69) is 18.8 Å². The van der Waals surface area contributed by atoms with Crippen molar-refractivity contribution in [2.24, 2.45) is 5.92 Å². The van der Waals surface area contributed by atoms with Gasteiger partial charge in [-0.05, 0) is 66.6 Å². The van der Waals surface area contributed by atoms with Gasteiger partial charge in [0.05, 0.1) is 47.0 Å². The summed E-state index contributed by atoms with van der Waals surface area (Å²) in [6.07, 6.45) is 0.886. The number of fused-ring (bicyclic) bond motifs is 1. The van der Waals surface area contributed by atoms with Gasteiger partial charge in [0, 0.05) is 0 Å². The molecule has 1 aliphatic heterocycles. The number of anilines is 1. The van der Waals surface area contributed by atoms with Crippen molar-refractivity contribution < 1.29 is 28.9 Å². The third kappa shape index (κ3) is 5.29. The average Bonchev–Trinajstić information content (AvgIpc) is 3.67. The Labute approximate surface area is 240 Å². The number of aliphatic hydroxyl groups excluding tert-OH is 1. The van der Waals surface area contributed by atoms with Crippen molar-refractivity contribution >= 4 is 49.7 Å². The fourth-order valence-electron chi connectivity index (χ4n) is 4.50. The topological polar surface area (TPSA) is 98.2 Å². The minimum Gasteiger partial charge on any atom is -0.503 e. The van der Waals surface area contributed by atoms with E-state index >= 15 is 0 Å². The maximum Gasteiger partial charge on any atom is 0.296 e. The molecule has 3 heterocycles. The molecule has 0 spiro atoms. The number of hydrogen-bond donors (Lipinski definition) is 1. The number of hydrogen-bond acceptors (Lipinski definition) is 9. The first-order valence-electron chi connectivity index (χ1n) is 13.0. The number of carbonyl (C=O) groups excluding carboxylic acids is 2. The first-order chi connectivity index (χ1) is 19.3. The van der Waals surface area contributed by atoms with Gasteiger partial charge in [-0.25, -0.2) is 4.98 Å². The highest BCUT2D eigenvalue weighted by Crippen LogP contribution is 2.46. The molecule has 0 bridgehead atoms. The highest BCUT2D eigenvalue weighted by molar-refractivity contribution is 7.22. The Bertz CT molecular complexity index is 1570. The number of carbonyl (C=O) groups is 2. The Morgan fingerprint density at radius 3 is 2.65 bits per heavy atom. The average molecular weight is 579 g/mol. The molecule has 2 aromatic carbocycles. The van der Waals surface area contributed by atoms with Crippen LogP contribution in [0.15, 0.2) is 65.2 Å². The van der Waals surface area contributed by atoms with Crippen LogP contribution in [0.5, 0.6) is 17.2 Å². The van der Waals surface area contributed by atoms with Gasteiger partial charge in [0.25, 0.3) is 5.91 Å². The largest absolute Gasteiger partial charge is 0.503 e. The lowest BCUT2D eigenvalue weighted by molar-refractivity contribution is -0.117. The fraction of sp³-hybridized carbons (Fsp3) is 0.300. The van der Waals surface area contributed by atoms with E-state index in [1.807, 2.05) is 19.1 Å². The fourth-order valence-corrected chi connectivity index (χ4v) is 6.20. The van der Waals surface area contributed by atoms with E-state index in [9.17, 15) is 14.7 Å². The van der Waals surface area contributed by atoms with E-state index in [1.165, 1.54) is 27.6 Å². The Morgan fingerprint density at radius 2 is 1.95 bits per heavy atom. The van der Waals surface area contributed by atoms with E-state index < -0.39 is 23.5 Å². The molecule has 1 aliphatic rings. The zero-order valence-corrected chi connectivity index (χ0v) is 24.3. The normalized spacial score (nSPS) is 15.4. The van der Waals surface area contributed by atoms with Gasteiger partial charge in [-0.1, -0.05) is 37.3 Å². The van der Waals surface area contributed by atoms with E-state index in [0.29, 0.717) is 57.5 Å². The van der Waals surface area contributed by atoms with Crippen LogP contribution < -0.4 is 19.1 Å². The number of nitrogens with zero attached hydrogens (tertiary/aromatic N) is 2. The number of rotatable bonds is 11. The van der Waals surface area contributed by atoms with Crippen LogP contribution >= 0.6 is 22.7 Å². The van der Waals surface area contributed by atoms with Crippen LogP contribution in [0, 0.1) is 5.92 Å². The number of thiophene rings is 1. The highest BCUT2D eigenvalue weighted by Gasteiger charge is 2.46. The van der Waals surface area contributed by atoms with Crippen LogP contribution in [0.2, 0.25) is 0 Å². The number of thiazole rings is 1. The molecule has 40 heavy (non-hydrogen) atoms. The van der Waals surface area contributed by atoms with Gasteiger partial charge in [-0.15, -0.1) is 11.3 Å². The second kappa shape index (κ2) is 11.7. The number of benzene rings is 2. The molecule has 0 radical (unpaired) electrons. The maximum absolute atomic E-state index is 13.7. The van der Waals surface area contributed by atoms with Crippen molar-refractivity contribution in [1.29, 1.82) is 0 Å². The summed E-state index contributed by atoms with van der Waals surface area (Å²) < 4.78 is 18.1. The lowest BCUT2D eigenvalue weighted by Crippen LogP contribution is -2.31. The molecule has 2 aromatic heterocycles. The smallest absolute Gasteiger partial charge is 0.296 e. The summed E-state index contributed by atoms with van der Waals surface area (Å²) in [5, 5.41) is 13.3. The van der Waals surface area contributed by atoms with Crippen molar-refractivity contribution in [3.05, 3.63) is 75.7 Å². The molecule has 8 nitrogen and oxygen atoms in total. The van der Waals surface area contributed by atoms with E-state index in [1.54, 1.807) is 48.9 Å². The van der Waals surface area contributed by atoms with Crippen LogP contribution in [-0.4, -0.2) is 42.1 Å². The first kappa shape index (κ1) is 27.7. The van der Waals surface area contributed by atoms with Gasteiger partial charge in [0.2, 0.25) is 5.78 Å². The molecule has 0 saturated heterocycles. The molecule has 1 N–H and O–H groups in total. The Hall–Kier alpha value is -3.89. The van der Waals surface area contributed by atoms with Gasteiger partial charge in [0.1, 0.15) is 5.75 Å². The molecule has 5 rings (SSSR count). The van der Waals surface area contributed by atoms with Gasteiger partial charge in [-0.2, -0.15) is 0 Å². The first-order valence-corrected chi connectivity index (χ1v) is 14.7. The van der Waals surface area contributed by atoms with Crippen molar-refractivity contribution in [2.75, 3.05) is 25.2 Å². The molecule has 10 heteroatoms. The second-order valence-electron chi connectivity index (χ2n) is 9.65. The summed E-state index contributed by atoms with van der Waals surface area (Å²) in [5.41, 5.74) is 1.27. The highest BCUT2D eigenvalue weighted by atomic mass is 32.1. The SMILES string of the molecule is CCOc1cc(C2C(C(=O)c3cccs3)=C(O)C(=O)N2c2nc3ccc(OC)cc3s2)ccc1OCCC(C)C. The molecule has 1 atom stereocenters. The molecular formula is C30H30N2O6S2. The summed E-state index contributed by atoms with van der Waals surface area (Å²) in [6, 6.07) is 13.3. The Kier molecular flexibility index (Phi) is 8.09. The zero-order valence-electron chi connectivity index (χ0n) is 22.7. The van der Waals surface area contributed by atoms with Crippen LogP contribution in [0.1, 0.15) is 48.5 Å². The number of Topliss-reactive ketones (excluding diaryl/α,β-unsaturated/α-hetero) is 1. The van der Waals surface area contributed by atoms with Gasteiger partial charge < -0.3 is 19.3 Å². The predicted octanol–water partition coefficient (Wildman–Crippen LogP) is 6.97. The number of aromatic nitrogens is 1. The number of amides is 1. The number of methoxy groups -OCH3 is 1. The number of ether oxygens (including phenoxy) is 3. The summed E-state index contributed by atoms with van der Waals surface area (Å²) in [7, 11) is 1.58. The number of ketones is 1. The molecule has 1 unspecified atom stereocenters. The van der Waals surface area contributed by atoms with Crippen LogP contribution in [-0.2, 0) is 4.79 Å². The molecular weight excluding hydrogens is 548 g/mol. The van der Waals surface area contributed by atoms with Crippen molar-refractivity contribution in [1.82, 2.24) is 4.98 Å². The lowest BCUT2D eigenvalue weighted by atomic mass is 9.95. The quantitative estimate of drug-likeness (QED) is 0.192. The molecule has 1 amide bonds. The summed E-state index contributed by atoms with van der Waals surface area (Å²) in [4.78, 5) is 33.8. The third-order valence-corrected chi connectivity index (χ3v) is 8.41. The lowest BCUT2D eigenvalue weighted by Gasteiger charge is -2.25. The monoisotopic (exact) mass is 578 g/mol. The standard InChI is InChI=1S/C30H30N2O6S2/c1-5-37-22-15-18(8-11-21(22)38-13-12-17(2)3)26-25(27(33)23-7-6-14-39-23)28(34)29(35)32(26)30-31-20-10-9-19(36-4)16-24(20)40-30/h6-11,14-17,26,34H,5,12-13H2,1-4H3. The summed E-state index contributed by atoms with van der Waals surface area (Å²) in [5.74, 6) is 0.539. The minimum absolute atomic E-state index is 0.000196. The molecule has 208 valence electrons. The van der Waals surface area contributed by atoms with Gasteiger partial charge in [0.15, 0.2) is 22.4 Å². The predicted molar refractivity (Wildman–Crippen MR) is 157 cm³/mol. The minimum atomic E-state index is -0.923.